The zero-order valence-corrected chi connectivity index (χ0v) is 16.4. The molecular formula is C21H25N3O2S. The second kappa shape index (κ2) is 8.77. The molecule has 0 radical (unpaired) electrons. The van der Waals surface area contributed by atoms with Crippen LogP contribution in [0.2, 0.25) is 0 Å². The molecule has 0 atom stereocenters. The Labute approximate surface area is 164 Å². The van der Waals surface area contributed by atoms with E-state index < -0.39 is 0 Å². The van der Waals surface area contributed by atoms with Crippen LogP contribution >= 0.6 is 11.3 Å². The number of thiazole rings is 1. The van der Waals surface area contributed by atoms with Gasteiger partial charge in [0.15, 0.2) is 5.13 Å². The van der Waals surface area contributed by atoms with Gasteiger partial charge in [0.05, 0.1) is 5.69 Å². The second-order valence-corrected chi connectivity index (χ2v) is 7.40. The molecule has 0 saturated heterocycles. The van der Waals surface area contributed by atoms with E-state index >= 15 is 0 Å². The van der Waals surface area contributed by atoms with Crippen molar-refractivity contribution in [1.29, 1.82) is 0 Å². The minimum Gasteiger partial charge on any atom is -0.347 e. The van der Waals surface area contributed by atoms with Crippen LogP contribution in [0.4, 0.5) is 5.13 Å². The first kappa shape index (κ1) is 19.0. The average molecular weight is 384 g/mol. The third-order valence-corrected chi connectivity index (χ3v) is 5.61. The fourth-order valence-electron chi connectivity index (χ4n) is 2.84. The summed E-state index contributed by atoms with van der Waals surface area (Å²) in [6.45, 7) is 2.25. The summed E-state index contributed by atoms with van der Waals surface area (Å²) in [5.74, 6) is -0.232. The molecular weight excluding hydrogens is 358 g/mol. The van der Waals surface area contributed by atoms with Gasteiger partial charge in [-0.15, -0.1) is 0 Å². The van der Waals surface area contributed by atoms with Gasteiger partial charge in [-0.3, -0.25) is 14.5 Å². The van der Waals surface area contributed by atoms with Crippen LogP contribution in [-0.4, -0.2) is 23.8 Å². The Morgan fingerprint density at radius 1 is 1.22 bits per heavy atom. The monoisotopic (exact) mass is 383 g/mol. The maximum Gasteiger partial charge on any atom is 0.263 e. The number of carbonyl (C=O) groups is 2. The van der Waals surface area contributed by atoms with Crippen molar-refractivity contribution in [2.75, 3.05) is 11.9 Å². The van der Waals surface area contributed by atoms with Gasteiger partial charge in [-0.05, 0) is 31.7 Å². The van der Waals surface area contributed by atoms with Gasteiger partial charge in [0.25, 0.3) is 11.8 Å². The SMILES string of the molecule is Cc1nc(N(C)C(=O)C2=CCCC=CC2)sc1C(=O)NCc1ccccc1.[HH]. The van der Waals surface area contributed by atoms with Crippen molar-refractivity contribution in [1.82, 2.24) is 10.3 Å². The highest BCUT2D eigenvalue weighted by atomic mass is 32.1. The molecule has 5 nitrogen and oxygen atoms in total. The highest BCUT2D eigenvalue weighted by Gasteiger charge is 2.22. The lowest BCUT2D eigenvalue weighted by Crippen LogP contribution is -2.27. The molecule has 1 aromatic heterocycles. The minimum absolute atomic E-state index is 0. The fourth-order valence-corrected chi connectivity index (χ4v) is 3.78. The highest BCUT2D eigenvalue weighted by Crippen LogP contribution is 2.27. The molecule has 0 fully saturated rings. The van der Waals surface area contributed by atoms with Gasteiger partial charge in [-0.25, -0.2) is 4.98 Å². The van der Waals surface area contributed by atoms with Crippen molar-refractivity contribution in [3.63, 3.8) is 0 Å². The van der Waals surface area contributed by atoms with Crippen LogP contribution in [0.25, 0.3) is 0 Å². The first-order valence-corrected chi connectivity index (χ1v) is 9.79. The number of carbonyl (C=O) groups excluding carboxylic acids is 2. The van der Waals surface area contributed by atoms with Crippen LogP contribution in [-0.2, 0) is 11.3 Å². The number of amides is 2. The molecule has 0 unspecified atom stereocenters. The molecule has 0 saturated carbocycles. The zero-order valence-electron chi connectivity index (χ0n) is 15.6. The van der Waals surface area contributed by atoms with E-state index in [-0.39, 0.29) is 13.2 Å². The van der Waals surface area contributed by atoms with E-state index in [1.165, 1.54) is 16.2 Å². The Kier molecular flexibility index (Phi) is 6.19. The number of anilines is 1. The predicted molar refractivity (Wildman–Crippen MR) is 111 cm³/mol. The Morgan fingerprint density at radius 3 is 2.78 bits per heavy atom. The summed E-state index contributed by atoms with van der Waals surface area (Å²) in [5, 5.41) is 3.46. The van der Waals surface area contributed by atoms with Gasteiger partial charge >= 0.3 is 0 Å². The van der Waals surface area contributed by atoms with Gasteiger partial charge < -0.3 is 5.32 Å². The Hall–Kier alpha value is -2.73. The van der Waals surface area contributed by atoms with Gasteiger partial charge in [0, 0.05) is 20.6 Å². The third kappa shape index (κ3) is 4.71. The summed E-state index contributed by atoms with van der Waals surface area (Å²) in [5.41, 5.74) is 2.44. The van der Waals surface area contributed by atoms with Gasteiger partial charge in [-0.2, -0.15) is 0 Å². The van der Waals surface area contributed by atoms with Crippen molar-refractivity contribution in [2.45, 2.75) is 32.7 Å². The molecule has 2 aromatic rings. The molecule has 0 spiro atoms. The summed E-state index contributed by atoms with van der Waals surface area (Å²) in [7, 11) is 1.71. The van der Waals surface area contributed by atoms with Crippen molar-refractivity contribution >= 4 is 28.3 Å². The van der Waals surface area contributed by atoms with Crippen LogP contribution in [0.3, 0.4) is 0 Å². The van der Waals surface area contributed by atoms with Crippen LogP contribution in [0.5, 0.6) is 0 Å². The molecule has 3 rings (SSSR count). The predicted octanol–water partition coefficient (Wildman–Crippen LogP) is 4.26. The summed E-state index contributed by atoms with van der Waals surface area (Å²) in [6.07, 6.45) is 8.59. The average Bonchev–Trinajstić information content (AvgIpc) is 2.90. The minimum atomic E-state index is -0.169. The number of aromatic nitrogens is 1. The normalized spacial score (nSPS) is 13.6. The first-order valence-electron chi connectivity index (χ1n) is 8.98. The zero-order chi connectivity index (χ0) is 19.2. The number of nitrogens with one attached hydrogen (secondary N) is 1. The molecule has 0 bridgehead atoms. The Bertz CT molecular complexity index is 890. The number of allylic oxidation sites excluding steroid dienone is 3. The van der Waals surface area contributed by atoms with E-state index in [0.717, 1.165) is 24.0 Å². The number of hydrogen-bond donors (Lipinski definition) is 1. The molecule has 1 aliphatic rings. The van der Waals surface area contributed by atoms with Gasteiger partial charge in [0.2, 0.25) is 0 Å². The van der Waals surface area contributed by atoms with E-state index in [1.807, 2.05) is 42.5 Å². The topological polar surface area (TPSA) is 62.3 Å². The number of likely N-dealkylation sites (N-methyl/N-ethyl adjacent to an activating group) is 1. The van der Waals surface area contributed by atoms with Crippen LogP contribution in [0.1, 0.15) is 41.6 Å². The van der Waals surface area contributed by atoms with Gasteiger partial charge in [-0.1, -0.05) is 59.9 Å². The molecule has 142 valence electrons. The van der Waals surface area contributed by atoms with Crippen molar-refractivity contribution < 1.29 is 11.0 Å². The molecule has 1 aromatic carbocycles. The molecule has 1 N–H and O–H groups in total. The molecule has 1 aliphatic carbocycles. The number of nitrogens with zero attached hydrogens (tertiary/aromatic N) is 2. The lowest BCUT2D eigenvalue weighted by molar-refractivity contribution is -0.114. The van der Waals surface area contributed by atoms with Crippen LogP contribution in [0.15, 0.2) is 54.1 Å². The smallest absolute Gasteiger partial charge is 0.263 e. The number of aryl methyl sites for hydroxylation is 1. The molecule has 6 heteroatoms. The lowest BCUT2D eigenvalue weighted by atomic mass is 10.1. The molecule has 0 aliphatic heterocycles. The van der Waals surface area contributed by atoms with E-state index in [2.05, 4.69) is 16.4 Å². The number of rotatable bonds is 5. The number of benzene rings is 1. The fraction of sp³-hybridized carbons (Fsp3) is 0.286. The van der Waals surface area contributed by atoms with E-state index in [9.17, 15) is 9.59 Å². The molecule has 2 amide bonds. The first-order chi connectivity index (χ1) is 13.1. The molecule has 27 heavy (non-hydrogen) atoms. The number of hydrogen-bond acceptors (Lipinski definition) is 4. The largest absolute Gasteiger partial charge is 0.347 e. The van der Waals surface area contributed by atoms with Crippen LogP contribution < -0.4 is 10.2 Å². The summed E-state index contributed by atoms with van der Waals surface area (Å²) >= 11 is 1.25. The standard InChI is InChI=1S/C21H23N3O2S.H2/c1-15-18(19(25)22-14-16-10-6-5-7-11-16)27-21(23-15)24(2)20(26)17-12-8-3-4-9-13-17;/h3,5-8,10-11,13H,4,9,12,14H2,1-2H3,(H,22,25);1H. The summed E-state index contributed by atoms with van der Waals surface area (Å²) < 4.78 is 0. The van der Waals surface area contributed by atoms with E-state index in [1.54, 1.807) is 14.0 Å². The Morgan fingerprint density at radius 2 is 2.00 bits per heavy atom. The maximum atomic E-state index is 12.7. The quantitative estimate of drug-likeness (QED) is 0.785. The van der Waals surface area contributed by atoms with E-state index in [0.29, 0.717) is 28.7 Å². The van der Waals surface area contributed by atoms with E-state index in [4.69, 9.17) is 0 Å². The van der Waals surface area contributed by atoms with Crippen molar-refractivity contribution in [2.24, 2.45) is 0 Å². The van der Waals surface area contributed by atoms with Crippen LogP contribution in [0, 0.1) is 6.92 Å². The maximum absolute atomic E-state index is 12.7. The summed E-state index contributed by atoms with van der Waals surface area (Å²) in [4.78, 5) is 31.8. The lowest BCUT2D eigenvalue weighted by Gasteiger charge is -2.15. The summed E-state index contributed by atoms with van der Waals surface area (Å²) in [6, 6.07) is 9.75. The highest BCUT2D eigenvalue weighted by molar-refractivity contribution is 7.17. The molecule has 1 heterocycles. The Balaban J connectivity index is 0.00000280. The van der Waals surface area contributed by atoms with Gasteiger partial charge in [0.1, 0.15) is 4.88 Å². The third-order valence-electron chi connectivity index (χ3n) is 4.38. The van der Waals surface area contributed by atoms with Crippen molar-refractivity contribution in [3.8, 4) is 0 Å². The van der Waals surface area contributed by atoms with Crippen molar-refractivity contribution in [3.05, 3.63) is 70.3 Å². The second-order valence-electron chi connectivity index (χ2n) is 6.43.